The van der Waals surface area contributed by atoms with Crippen LogP contribution >= 0.6 is 0 Å². The molecule has 0 saturated carbocycles. The quantitative estimate of drug-likeness (QED) is 0.905. The summed E-state index contributed by atoms with van der Waals surface area (Å²) in [6.07, 6.45) is 4.64. The lowest BCUT2D eigenvalue weighted by Crippen LogP contribution is -2.23. The molecule has 0 fully saturated rings. The Kier molecular flexibility index (Phi) is 4.37. The number of nitrogens with one attached hydrogen (secondary N) is 1. The van der Waals surface area contributed by atoms with Crippen molar-refractivity contribution in [1.82, 2.24) is 20.1 Å². The highest BCUT2D eigenvalue weighted by atomic mass is 16.5. The highest BCUT2D eigenvalue weighted by Gasteiger charge is 2.23. The molecule has 1 aromatic heterocycles. The van der Waals surface area contributed by atoms with E-state index in [9.17, 15) is 0 Å². The number of nitrogens with zero attached hydrogens (tertiary/aromatic N) is 3. The van der Waals surface area contributed by atoms with Gasteiger partial charge in [0.05, 0.1) is 13.2 Å². The maximum Gasteiger partial charge on any atom is 0.149 e. The second-order valence-electron chi connectivity index (χ2n) is 7.09. The summed E-state index contributed by atoms with van der Waals surface area (Å²) in [6, 6.07) is 4.35. The van der Waals surface area contributed by atoms with Crippen LogP contribution < -0.4 is 14.8 Å². The van der Waals surface area contributed by atoms with E-state index in [4.69, 9.17) is 9.47 Å². The largest absolute Gasteiger partial charge is 0.496 e. The zero-order chi connectivity index (χ0) is 17.4. The third-order valence-electron chi connectivity index (χ3n) is 5.17. The van der Waals surface area contributed by atoms with Gasteiger partial charge in [-0.3, -0.25) is 0 Å². The Bertz CT molecular complexity index is 771. The zero-order valence-electron chi connectivity index (χ0n) is 15.2. The van der Waals surface area contributed by atoms with Crippen molar-refractivity contribution in [3.8, 4) is 11.5 Å². The Morgan fingerprint density at radius 3 is 3.08 bits per heavy atom. The molecule has 134 valence electrons. The average Bonchev–Trinajstić information content (AvgIpc) is 3.20. The van der Waals surface area contributed by atoms with Gasteiger partial charge < -0.3 is 19.4 Å². The highest BCUT2D eigenvalue weighted by Crippen LogP contribution is 2.35. The van der Waals surface area contributed by atoms with Crippen LogP contribution in [-0.2, 0) is 25.9 Å². The summed E-state index contributed by atoms with van der Waals surface area (Å²) in [6.45, 7) is 5.97. The highest BCUT2D eigenvalue weighted by molar-refractivity contribution is 5.48. The number of aryl methyl sites for hydroxylation is 1. The molecule has 0 spiro atoms. The molecule has 1 aromatic carbocycles. The van der Waals surface area contributed by atoms with Crippen molar-refractivity contribution in [2.24, 2.45) is 0 Å². The topological polar surface area (TPSA) is 61.2 Å². The second-order valence-corrected chi connectivity index (χ2v) is 7.09. The molecule has 0 bridgehead atoms. The predicted molar refractivity (Wildman–Crippen MR) is 95.0 cm³/mol. The van der Waals surface area contributed by atoms with Crippen molar-refractivity contribution in [3.63, 3.8) is 0 Å². The van der Waals surface area contributed by atoms with Crippen molar-refractivity contribution in [3.05, 3.63) is 34.9 Å². The number of methoxy groups -OCH3 is 1. The normalized spacial score (nSPS) is 19.9. The van der Waals surface area contributed by atoms with Crippen LogP contribution in [0.4, 0.5) is 0 Å². The van der Waals surface area contributed by atoms with E-state index >= 15 is 0 Å². The fourth-order valence-electron chi connectivity index (χ4n) is 3.82. The molecule has 2 unspecified atom stereocenters. The molecule has 1 N–H and O–H groups in total. The number of benzene rings is 1. The first kappa shape index (κ1) is 16.4. The Morgan fingerprint density at radius 2 is 2.24 bits per heavy atom. The molecule has 25 heavy (non-hydrogen) atoms. The lowest BCUT2D eigenvalue weighted by molar-refractivity contribution is 0.254. The van der Waals surface area contributed by atoms with Crippen LogP contribution in [0.25, 0.3) is 0 Å². The smallest absolute Gasteiger partial charge is 0.149 e. The Balaban J connectivity index is 1.50. The third-order valence-corrected chi connectivity index (χ3v) is 5.17. The molecule has 0 amide bonds. The van der Waals surface area contributed by atoms with Gasteiger partial charge in [0.2, 0.25) is 0 Å². The van der Waals surface area contributed by atoms with E-state index in [2.05, 4.69) is 46.1 Å². The van der Waals surface area contributed by atoms with E-state index in [1.165, 1.54) is 18.4 Å². The second kappa shape index (κ2) is 6.67. The summed E-state index contributed by atoms with van der Waals surface area (Å²) >= 11 is 0. The molecular weight excluding hydrogens is 316 g/mol. The number of hydrogen-bond donors (Lipinski definition) is 1. The van der Waals surface area contributed by atoms with Gasteiger partial charge in [0.25, 0.3) is 0 Å². The van der Waals surface area contributed by atoms with Gasteiger partial charge in [-0.2, -0.15) is 0 Å². The first-order chi connectivity index (χ1) is 12.2. The average molecular weight is 342 g/mol. The van der Waals surface area contributed by atoms with Gasteiger partial charge in [0.15, 0.2) is 0 Å². The summed E-state index contributed by atoms with van der Waals surface area (Å²) < 4.78 is 13.8. The fourth-order valence-corrected chi connectivity index (χ4v) is 3.82. The van der Waals surface area contributed by atoms with E-state index in [1.54, 1.807) is 7.11 Å². The monoisotopic (exact) mass is 342 g/mol. The van der Waals surface area contributed by atoms with Crippen molar-refractivity contribution < 1.29 is 9.47 Å². The molecule has 0 saturated heterocycles. The fraction of sp³-hybridized carbons (Fsp3) is 0.579. The van der Waals surface area contributed by atoms with E-state index < -0.39 is 0 Å². The standard InChI is InChI=1S/C19H26N4O2/c1-12-8-14-9-16(24-3)15(10-17(14)25-12)11-20-13(2)19-22-21-18-6-4-5-7-23(18)19/h9-10,12-13,20H,4-8,11H2,1-3H3. The van der Waals surface area contributed by atoms with Gasteiger partial charge in [-0.1, -0.05) is 0 Å². The van der Waals surface area contributed by atoms with Gasteiger partial charge in [0.1, 0.15) is 29.3 Å². The zero-order valence-corrected chi connectivity index (χ0v) is 15.2. The summed E-state index contributed by atoms with van der Waals surface area (Å²) in [7, 11) is 1.72. The van der Waals surface area contributed by atoms with E-state index in [0.717, 1.165) is 48.1 Å². The summed E-state index contributed by atoms with van der Waals surface area (Å²) in [4.78, 5) is 0. The van der Waals surface area contributed by atoms with Crippen LogP contribution in [0.2, 0.25) is 0 Å². The third kappa shape index (κ3) is 3.11. The van der Waals surface area contributed by atoms with Crippen LogP contribution in [0.15, 0.2) is 12.1 Å². The number of rotatable bonds is 5. The number of fused-ring (bicyclic) bond motifs is 2. The summed E-state index contributed by atoms with van der Waals surface area (Å²) in [5.74, 6) is 4.05. The first-order valence-corrected chi connectivity index (χ1v) is 9.17. The minimum atomic E-state index is 0.136. The first-order valence-electron chi connectivity index (χ1n) is 9.17. The minimum absolute atomic E-state index is 0.136. The van der Waals surface area contributed by atoms with Crippen molar-refractivity contribution >= 4 is 0 Å². The van der Waals surface area contributed by atoms with Crippen LogP contribution in [0.5, 0.6) is 11.5 Å². The molecule has 6 heteroatoms. The van der Waals surface area contributed by atoms with Gasteiger partial charge in [0, 0.05) is 37.1 Å². The summed E-state index contributed by atoms with van der Waals surface area (Å²) in [5.41, 5.74) is 2.34. The lowest BCUT2D eigenvalue weighted by Gasteiger charge is -2.19. The molecule has 3 heterocycles. The lowest BCUT2D eigenvalue weighted by atomic mass is 10.1. The van der Waals surface area contributed by atoms with Crippen molar-refractivity contribution in [2.45, 2.75) is 64.8 Å². The van der Waals surface area contributed by atoms with Crippen LogP contribution in [0.1, 0.15) is 55.5 Å². The van der Waals surface area contributed by atoms with Crippen LogP contribution in [0, 0.1) is 0 Å². The van der Waals surface area contributed by atoms with Gasteiger partial charge in [-0.25, -0.2) is 0 Å². The Hall–Kier alpha value is -2.08. The molecular formula is C19H26N4O2. The maximum atomic E-state index is 5.89. The van der Waals surface area contributed by atoms with Crippen LogP contribution in [0.3, 0.4) is 0 Å². The molecule has 2 atom stereocenters. The van der Waals surface area contributed by atoms with Gasteiger partial charge >= 0.3 is 0 Å². The molecule has 4 rings (SSSR count). The molecule has 2 aliphatic rings. The molecule has 0 radical (unpaired) electrons. The number of ether oxygens (including phenoxy) is 2. The van der Waals surface area contributed by atoms with Crippen molar-refractivity contribution in [2.75, 3.05) is 7.11 Å². The molecule has 6 nitrogen and oxygen atoms in total. The van der Waals surface area contributed by atoms with E-state index in [0.29, 0.717) is 6.54 Å². The maximum absolute atomic E-state index is 5.89. The number of aromatic nitrogens is 3. The molecule has 0 aliphatic carbocycles. The van der Waals surface area contributed by atoms with Crippen molar-refractivity contribution in [1.29, 1.82) is 0 Å². The molecule has 2 aromatic rings. The minimum Gasteiger partial charge on any atom is -0.496 e. The molecule has 2 aliphatic heterocycles. The SMILES string of the molecule is COc1cc2c(cc1CNC(C)c1nnc3n1CCCC3)OC(C)C2. The van der Waals surface area contributed by atoms with E-state index in [1.807, 2.05) is 0 Å². The predicted octanol–water partition coefficient (Wildman–Crippen LogP) is 2.80. The number of hydrogen-bond acceptors (Lipinski definition) is 5. The summed E-state index contributed by atoms with van der Waals surface area (Å²) in [5, 5.41) is 12.3. The van der Waals surface area contributed by atoms with Gasteiger partial charge in [-0.15, -0.1) is 10.2 Å². The Labute approximate surface area is 148 Å². The Morgan fingerprint density at radius 1 is 1.36 bits per heavy atom. The van der Waals surface area contributed by atoms with Crippen LogP contribution in [-0.4, -0.2) is 28.0 Å². The van der Waals surface area contributed by atoms with Gasteiger partial charge in [-0.05, 0) is 38.8 Å². The van der Waals surface area contributed by atoms with E-state index in [-0.39, 0.29) is 12.1 Å².